The van der Waals surface area contributed by atoms with Crippen LogP contribution in [0.25, 0.3) is 27.5 Å². The van der Waals surface area contributed by atoms with E-state index >= 15 is 0 Å². The van der Waals surface area contributed by atoms with Crippen LogP contribution in [0, 0.1) is 11.6 Å². The molecule has 0 saturated carbocycles. The van der Waals surface area contributed by atoms with Crippen LogP contribution >= 0.6 is 11.6 Å². The van der Waals surface area contributed by atoms with Crippen LogP contribution in [0.4, 0.5) is 14.5 Å². The van der Waals surface area contributed by atoms with Crippen LogP contribution in [0.1, 0.15) is 40.3 Å². The number of hydrogen-bond donors (Lipinski definition) is 2. The van der Waals surface area contributed by atoms with E-state index < -0.39 is 17.5 Å². The number of ether oxygens (including phenoxy) is 2. The average Bonchev–Trinajstić information content (AvgIpc) is 3.71. The van der Waals surface area contributed by atoms with Crippen molar-refractivity contribution in [1.29, 1.82) is 0 Å². The Balaban J connectivity index is 0.964. The van der Waals surface area contributed by atoms with Gasteiger partial charge in [-0.15, -0.1) is 0 Å². The van der Waals surface area contributed by atoms with Crippen LogP contribution in [0.3, 0.4) is 0 Å². The predicted molar refractivity (Wildman–Crippen MR) is 186 cm³/mol. The van der Waals surface area contributed by atoms with Gasteiger partial charge in [-0.3, -0.25) is 14.8 Å². The van der Waals surface area contributed by atoms with Crippen molar-refractivity contribution in [2.24, 2.45) is 0 Å². The van der Waals surface area contributed by atoms with Crippen LogP contribution in [0.2, 0.25) is 5.02 Å². The van der Waals surface area contributed by atoms with Gasteiger partial charge in [0, 0.05) is 53.0 Å². The van der Waals surface area contributed by atoms with Gasteiger partial charge in [0.2, 0.25) is 5.88 Å². The van der Waals surface area contributed by atoms with Gasteiger partial charge in [0.25, 0.3) is 5.91 Å². The average molecular weight is 696 g/mol. The number of nitrogens with one attached hydrogen (secondary N) is 2. The van der Waals surface area contributed by atoms with Crippen molar-refractivity contribution in [1.82, 2.24) is 29.6 Å². The summed E-state index contributed by atoms with van der Waals surface area (Å²) in [7, 11) is 0. The fourth-order valence-electron chi connectivity index (χ4n) is 6.31. The molecule has 3 aromatic heterocycles. The van der Waals surface area contributed by atoms with E-state index in [0.29, 0.717) is 47.2 Å². The summed E-state index contributed by atoms with van der Waals surface area (Å²) in [5.74, 6) is -0.0436. The third-order valence-electron chi connectivity index (χ3n) is 9.13. The fourth-order valence-corrected chi connectivity index (χ4v) is 6.47. The van der Waals surface area contributed by atoms with Gasteiger partial charge >= 0.3 is 0 Å². The molecule has 3 aromatic carbocycles. The number of hydrogen-bond acceptors (Lipinski definition) is 7. The number of amides is 1. The first-order valence-electron chi connectivity index (χ1n) is 16.4. The van der Waals surface area contributed by atoms with Gasteiger partial charge in [-0.25, -0.2) is 18.7 Å². The Morgan fingerprint density at radius 2 is 1.98 bits per heavy atom. The highest BCUT2D eigenvalue weighted by molar-refractivity contribution is 6.30. The Hall–Kier alpha value is -5.17. The SMILES string of the molecule is O=C(Nc1ccc2c(c1)nc(CN1CC=C(c3cccc(OCc4ccc(Cl)cc4F)n3)CC1)n2C[C@@H]1CCO1)c1cc(F)c2[nH]ncc2c1. The van der Waals surface area contributed by atoms with Crippen molar-refractivity contribution in [2.75, 3.05) is 25.0 Å². The summed E-state index contributed by atoms with van der Waals surface area (Å²) >= 11 is 5.87. The van der Waals surface area contributed by atoms with Gasteiger partial charge in [-0.2, -0.15) is 5.10 Å². The van der Waals surface area contributed by atoms with E-state index in [4.69, 9.17) is 26.1 Å². The molecule has 2 N–H and O–H groups in total. The van der Waals surface area contributed by atoms with Crippen molar-refractivity contribution < 1.29 is 23.0 Å². The molecule has 254 valence electrons. The number of aromatic amines is 1. The molecule has 0 radical (unpaired) electrons. The molecule has 10 nitrogen and oxygen atoms in total. The maximum Gasteiger partial charge on any atom is 0.255 e. The molecular formula is C37H32ClF2N7O3. The van der Waals surface area contributed by atoms with Crippen LogP contribution < -0.4 is 10.1 Å². The summed E-state index contributed by atoms with van der Waals surface area (Å²) in [4.78, 5) is 25.1. The van der Waals surface area contributed by atoms with Crippen molar-refractivity contribution in [3.05, 3.63) is 118 Å². The summed E-state index contributed by atoms with van der Waals surface area (Å²) in [6, 6.07) is 18.6. The van der Waals surface area contributed by atoms with Crippen LogP contribution in [-0.4, -0.2) is 61.3 Å². The van der Waals surface area contributed by atoms with E-state index in [9.17, 15) is 13.6 Å². The molecule has 6 aromatic rings. The number of pyridine rings is 1. The Morgan fingerprint density at radius 3 is 2.78 bits per heavy atom. The first kappa shape index (κ1) is 32.1. The lowest BCUT2D eigenvalue weighted by atomic mass is 10.0. The molecule has 2 aliphatic rings. The number of carbonyl (C=O) groups is 1. The van der Waals surface area contributed by atoms with E-state index in [2.05, 4.69) is 36.0 Å². The molecule has 0 aliphatic carbocycles. The number of aromatic nitrogens is 5. The Bertz CT molecular complexity index is 2270. The molecule has 1 atom stereocenters. The van der Waals surface area contributed by atoms with E-state index in [1.165, 1.54) is 18.3 Å². The second kappa shape index (κ2) is 13.6. The molecule has 0 bridgehead atoms. The summed E-state index contributed by atoms with van der Waals surface area (Å²) in [5.41, 5.74) is 5.08. The second-order valence-electron chi connectivity index (χ2n) is 12.5. The molecule has 50 heavy (non-hydrogen) atoms. The molecule has 13 heteroatoms. The lowest BCUT2D eigenvalue weighted by Crippen LogP contribution is -2.33. The van der Waals surface area contributed by atoms with E-state index in [0.717, 1.165) is 54.1 Å². The molecule has 5 heterocycles. The number of imidazole rings is 1. The van der Waals surface area contributed by atoms with Crippen LogP contribution in [-0.2, 0) is 24.4 Å². The largest absolute Gasteiger partial charge is 0.473 e. The minimum atomic E-state index is -0.538. The Kier molecular flexibility index (Phi) is 8.73. The highest BCUT2D eigenvalue weighted by atomic mass is 35.5. The summed E-state index contributed by atoms with van der Waals surface area (Å²) in [6.07, 6.45) is 5.57. The summed E-state index contributed by atoms with van der Waals surface area (Å²) in [6.45, 7) is 3.63. The van der Waals surface area contributed by atoms with Crippen LogP contribution in [0.15, 0.2) is 79.0 Å². The standard InChI is InChI=1S/C37H32ClF2N7O3/c38-26-5-4-23(29(39)16-26)21-50-35-3-1-2-31(44-35)22-8-11-46(12-9-22)20-34-43-32-17-27(6-7-33(32)47(34)19-28-10-13-49-28)42-37(48)24-14-25-18-41-45-36(25)30(40)15-24/h1-8,14-18,28H,9-13,19-21H2,(H,41,45)(H,42,48)/t28-/m0/s1. The number of benzene rings is 3. The van der Waals surface area contributed by atoms with Crippen molar-refractivity contribution in [3.8, 4) is 5.88 Å². The zero-order valence-corrected chi connectivity index (χ0v) is 27.6. The van der Waals surface area contributed by atoms with E-state index in [1.807, 2.05) is 30.3 Å². The number of fused-ring (bicyclic) bond motifs is 2. The fraction of sp³-hybridized carbons (Fsp3) is 0.243. The summed E-state index contributed by atoms with van der Waals surface area (Å²) < 4.78 is 42.5. The molecule has 8 rings (SSSR count). The predicted octanol–water partition coefficient (Wildman–Crippen LogP) is 7.15. The van der Waals surface area contributed by atoms with Crippen molar-refractivity contribution >= 4 is 50.7 Å². The molecular weight excluding hydrogens is 664 g/mol. The number of H-pyrrole nitrogens is 1. The number of rotatable bonds is 10. The normalized spacial score (nSPS) is 16.4. The lowest BCUT2D eigenvalue weighted by Gasteiger charge is -2.29. The molecule has 1 amide bonds. The third kappa shape index (κ3) is 6.69. The number of anilines is 1. The number of nitrogens with zero attached hydrogens (tertiary/aromatic N) is 5. The number of carbonyl (C=O) groups excluding carboxylic acids is 1. The maximum absolute atomic E-state index is 14.5. The molecule has 1 fully saturated rings. The second-order valence-corrected chi connectivity index (χ2v) is 12.9. The quantitative estimate of drug-likeness (QED) is 0.157. The smallest absolute Gasteiger partial charge is 0.255 e. The molecule has 0 unspecified atom stereocenters. The number of halogens is 3. The molecule has 0 spiro atoms. The third-order valence-corrected chi connectivity index (χ3v) is 9.36. The Labute approximate surface area is 290 Å². The lowest BCUT2D eigenvalue weighted by molar-refractivity contribution is -0.0591. The van der Waals surface area contributed by atoms with E-state index in [-0.39, 0.29) is 23.8 Å². The maximum atomic E-state index is 14.5. The van der Waals surface area contributed by atoms with Gasteiger partial charge in [0.15, 0.2) is 0 Å². The monoisotopic (exact) mass is 695 g/mol. The van der Waals surface area contributed by atoms with Gasteiger partial charge in [0.1, 0.15) is 29.6 Å². The van der Waals surface area contributed by atoms with Gasteiger partial charge < -0.3 is 19.4 Å². The first-order valence-corrected chi connectivity index (χ1v) is 16.7. The van der Waals surface area contributed by atoms with Crippen LogP contribution in [0.5, 0.6) is 5.88 Å². The molecule has 1 saturated heterocycles. The first-order chi connectivity index (χ1) is 24.4. The van der Waals surface area contributed by atoms with Gasteiger partial charge in [-0.1, -0.05) is 29.8 Å². The zero-order valence-electron chi connectivity index (χ0n) is 26.8. The minimum absolute atomic E-state index is 0.0509. The highest BCUT2D eigenvalue weighted by Gasteiger charge is 2.24. The van der Waals surface area contributed by atoms with Crippen molar-refractivity contribution in [2.45, 2.75) is 38.6 Å². The topological polar surface area (TPSA) is 110 Å². The van der Waals surface area contributed by atoms with Gasteiger partial charge in [-0.05, 0) is 66.9 Å². The minimum Gasteiger partial charge on any atom is -0.473 e. The summed E-state index contributed by atoms with van der Waals surface area (Å²) in [5, 5.41) is 10.2. The van der Waals surface area contributed by atoms with Gasteiger partial charge in [0.05, 0.1) is 42.1 Å². The van der Waals surface area contributed by atoms with Crippen molar-refractivity contribution in [3.63, 3.8) is 0 Å². The molecule has 2 aliphatic heterocycles. The highest BCUT2D eigenvalue weighted by Crippen LogP contribution is 2.28. The van der Waals surface area contributed by atoms with E-state index in [1.54, 1.807) is 24.3 Å². The Morgan fingerprint density at radius 1 is 1.08 bits per heavy atom. The zero-order chi connectivity index (χ0) is 34.2.